The average molecular weight is 390 g/mol. The number of benzene rings is 2. The van der Waals surface area contributed by atoms with E-state index in [2.05, 4.69) is 25.6 Å². The van der Waals surface area contributed by atoms with E-state index in [1.54, 1.807) is 19.1 Å². The Kier molecular flexibility index (Phi) is 5.92. The van der Waals surface area contributed by atoms with Gasteiger partial charge >= 0.3 is 6.61 Å². The van der Waals surface area contributed by atoms with Crippen molar-refractivity contribution in [3.63, 3.8) is 0 Å². The van der Waals surface area contributed by atoms with Gasteiger partial charge in [-0.25, -0.2) is 10.4 Å². The molecule has 1 amide bonds. The molecule has 0 aliphatic rings. The summed E-state index contributed by atoms with van der Waals surface area (Å²) in [7, 11) is 0. The van der Waals surface area contributed by atoms with Crippen LogP contribution in [0.25, 0.3) is 10.2 Å². The molecule has 0 spiro atoms. The number of nitrogens with zero attached hydrogens (tertiary/aromatic N) is 2. The highest BCUT2D eigenvalue weighted by Crippen LogP contribution is 2.25. The van der Waals surface area contributed by atoms with Crippen molar-refractivity contribution in [3.8, 4) is 5.75 Å². The van der Waals surface area contributed by atoms with Crippen LogP contribution < -0.4 is 15.5 Å². The van der Waals surface area contributed by atoms with Gasteiger partial charge in [0.15, 0.2) is 5.13 Å². The molecule has 0 aliphatic carbocycles. The third-order valence-electron chi connectivity index (χ3n) is 3.52. The number of fused-ring (bicyclic) bond motifs is 1. The Balaban J connectivity index is 1.52. The summed E-state index contributed by atoms with van der Waals surface area (Å²) in [5.74, 6) is -0.275. The molecule has 3 rings (SSSR count). The van der Waals surface area contributed by atoms with Crippen LogP contribution in [0.3, 0.4) is 0 Å². The minimum absolute atomic E-state index is 0.0554. The molecule has 0 bridgehead atoms. The number of hydrogen-bond acceptors (Lipinski definition) is 6. The Morgan fingerprint density at radius 1 is 1.22 bits per heavy atom. The second-order valence-electron chi connectivity index (χ2n) is 5.53. The zero-order valence-electron chi connectivity index (χ0n) is 14.2. The minimum atomic E-state index is -2.87. The van der Waals surface area contributed by atoms with E-state index < -0.39 is 12.7 Å². The predicted octanol–water partition coefficient (Wildman–Crippen LogP) is 3.85. The van der Waals surface area contributed by atoms with Crippen LogP contribution in [0, 0.1) is 0 Å². The summed E-state index contributed by atoms with van der Waals surface area (Å²) in [5.41, 5.74) is 3.92. The van der Waals surface area contributed by atoms with E-state index in [0.29, 0.717) is 10.7 Å². The number of hydrazone groups is 1. The standard InChI is InChI=1S/C18H16F2N4O2S/c1-11(22-18-23-14-4-2-3-5-15(14)27-18)16(25)24-21-10-12-6-8-13(9-7-12)26-17(19)20/h2-11,17H,1H3,(H,22,23)(H,24,25)/b21-10-/t11-/m0/s1. The van der Waals surface area contributed by atoms with Gasteiger partial charge < -0.3 is 10.1 Å². The predicted molar refractivity (Wildman–Crippen MR) is 102 cm³/mol. The normalized spacial score (nSPS) is 12.4. The molecule has 3 aromatic rings. The van der Waals surface area contributed by atoms with Crippen LogP contribution in [0.2, 0.25) is 0 Å². The van der Waals surface area contributed by atoms with Crippen molar-refractivity contribution in [1.29, 1.82) is 0 Å². The Morgan fingerprint density at radius 3 is 2.67 bits per heavy atom. The number of nitrogens with one attached hydrogen (secondary N) is 2. The van der Waals surface area contributed by atoms with Crippen molar-refractivity contribution in [2.24, 2.45) is 5.10 Å². The van der Waals surface area contributed by atoms with Gasteiger partial charge in [-0.2, -0.15) is 13.9 Å². The van der Waals surface area contributed by atoms with Crippen LogP contribution in [0.15, 0.2) is 53.6 Å². The number of hydrogen-bond donors (Lipinski definition) is 2. The lowest BCUT2D eigenvalue weighted by atomic mass is 10.2. The van der Waals surface area contributed by atoms with Crippen LogP contribution in [-0.2, 0) is 4.79 Å². The zero-order valence-corrected chi connectivity index (χ0v) is 15.0. The first kappa shape index (κ1) is 18.7. The van der Waals surface area contributed by atoms with E-state index in [4.69, 9.17) is 0 Å². The van der Waals surface area contributed by atoms with Crippen LogP contribution in [-0.4, -0.2) is 29.8 Å². The van der Waals surface area contributed by atoms with Crippen molar-refractivity contribution in [2.45, 2.75) is 19.6 Å². The monoisotopic (exact) mass is 390 g/mol. The Labute approximate surface area is 157 Å². The lowest BCUT2D eigenvalue weighted by Crippen LogP contribution is -2.34. The van der Waals surface area contributed by atoms with Gasteiger partial charge in [0.25, 0.3) is 5.91 Å². The van der Waals surface area contributed by atoms with Gasteiger partial charge in [-0.3, -0.25) is 4.79 Å². The lowest BCUT2D eigenvalue weighted by molar-refractivity contribution is -0.121. The maximum Gasteiger partial charge on any atom is 0.387 e. The molecular formula is C18H16F2N4O2S. The molecule has 1 atom stereocenters. The summed E-state index contributed by atoms with van der Waals surface area (Å²) in [4.78, 5) is 16.5. The summed E-state index contributed by atoms with van der Waals surface area (Å²) >= 11 is 1.46. The molecular weight excluding hydrogens is 374 g/mol. The molecule has 1 aromatic heterocycles. The maximum absolute atomic E-state index is 12.1. The van der Waals surface area contributed by atoms with E-state index in [9.17, 15) is 13.6 Å². The highest BCUT2D eigenvalue weighted by atomic mass is 32.1. The molecule has 2 N–H and O–H groups in total. The van der Waals surface area contributed by atoms with Crippen molar-refractivity contribution >= 4 is 38.8 Å². The number of carbonyl (C=O) groups is 1. The minimum Gasteiger partial charge on any atom is -0.435 e. The highest BCUT2D eigenvalue weighted by Gasteiger charge is 2.14. The van der Waals surface area contributed by atoms with E-state index in [0.717, 1.165) is 10.2 Å². The number of ether oxygens (including phenoxy) is 1. The molecule has 0 aliphatic heterocycles. The Morgan fingerprint density at radius 2 is 1.96 bits per heavy atom. The number of para-hydroxylation sites is 1. The van der Waals surface area contributed by atoms with Crippen molar-refractivity contribution in [2.75, 3.05) is 5.32 Å². The molecule has 9 heteroatoms. The molecule has 2 aromatic carbocycles. The lowest BCUT2D eigenvalue weighted by Gasteiger charge is -2.10. The second-order valence-corrected chi connectivity index (χ2v) is 6.57. The number of anilines is 1. The summed E-state index contributed by atoms with van der Waals surface area (Å²) < 4.78 is 29.5. The summed E-state index contributed by atoms with van der Waals surface area (Å²) in [6.07, 6.45) is 1.41. The van der Waals surface area contributed by atoms with Gasteiger partial charge in [0, 0.05) is 0 Å². The molecule has 0 radical (unpaired) electrons. The number of carbonyl (C=O) groups excluding carboxylic acids is 1. The molecule has 27 heavy (non-hydrogen) atoms. The summed E-state index contributed by atoms with van der Waals surface area (Å²) in [6, 6.07) is 13.1. The van der Waals surface area contributed by atoms with Crippen molar-refractivity contribution < 1.29 is 18.3 Å². The van der Waals surface area contributed by atoms with Gasteiger partial charge in [0.1, 0.15) is 11.8 Å². The van der Waals surface area contributed by atoms with E-state index in [1.807, 2.05) is 24.3 Å². The number of amides is 1. The number of alkyl halides is 2. The van der Waals surface area contributed by atoms with Crippen molar-refractivity contribution in [1.82, 2.24) is 10.4 Å². The number of rotatable bonds is 7. The first-order chi connectivity index (χ1) is 13.0. The topological polar surface area (TPSA) is 75.6 Å². The zero-order chi connectivity index (χ0) is 19.2. The summed E-state index contributed by atoms with van der Waals surface area (Å²) in [5, 5.41) is 7.56. The SMILES string of the molecule is C[C@H](Nc1nc2ccccc2s1)C(=O)N/N=C\c1ccc(OC(F)F)cc1. The fraction of sp³-hybridized carbons (Fsp3) is 0.167. The van der Waals surface area contributed by atoms with Gasteiger partial charge in [0.05, 0.1) is 16.4 Å². The maximum atomic E-state index is 12.1. The smallest absolute Gasteiger partial charge is 0.387 e. The average Bonchev–Trinajstić information content (AvgIpc) is 3.04. The van der Waals surface area contributed by atoms with E-state index in [1.165, 1.54) is 29.7 Å². The van der Waals surface area contributed by atoms with Crippen LogP contribution in [0.4, 0.5) is 13.9 Å². The van der Waals surface area contributed by atoms with Gasteiger partial charge in [-0.15, -0.1) is 0 Å². The number of aromatic nitrogens is 1. The van der Waals surface area contributed by atoms with Crippen molar-refractivity contribution in [3.05, 3.63) is 54.1 Å². The first-order valence-electron chi connectivity index (χ1n) is 8.01. The molecule has 0 unspecified atom stereocenters. The van der Waals surface area contributed by atoms with Gasteiger partial charge in [-0.1, -0.05) is 23.5 Å². The van der Waals surface area contributed by atoms with Crippen LogP contribution >= 0.6 is 11.3 Å². The number of thiazole rings is 1. The highest BCUT2D eigenvalue weighted by molar-refractivity contribution is 7.22. The largest absolute Gasteiger partial charge is 0.435 e. The van der Waals surface area contributed by atoms with Gasteiger partial charge in [0.2, 0.25) is 0 Å². The molecule has 140 valence electrons. The third-order valence-corrected chi connectivity index (χ3v) is 4.49. The first-order valence-corrected chi connectivity index (χ1v) is 8.83. The molecule has 0 fully saturated rings. The molecule has 6 nitrogen and oxygen atoms in total. The Hall–Kier alpha value is -3.07. The fourth-order valence-corrected chi connectivity index (χ4v) is 3.14. The number of halogens is 2. The van der Waals surface area contributed by atoms with E-state index >= 15 is 0 Å². The fourth-order valence-electron chi connectivity index (χ4n) is 2.19. The molecule has 1 heterocycles. The third kappa shape index (κ3) is 5.20. The molecule has 0 saturated carbocycles. The van der Waals surface area contributed by atoms with E-state index in [-0.39, 0.29) is 11.7 Å². The van der Waals surface area contributed by atoms with Gasteiger partial charge in [-0.05, 0) is 48.9 Å². The Bertz CT molecular complexity index is 911. The second kappa shape index (κ2) is 8.54. The molecule has 0 saturated heterocycles. The van der Waals surface area contributed by atoms with Crippen LogP contribution in [0.1, 0.15) is 12.5 Å². The quantitative estimate of drug-likeness (QED) is 0.475. The summed E-state index contributed by atoms with van der Waals surface area (Å²) in [6.45, 7) is -1.17. The van der Waals surface area contributed by atoms with Crippen LogP contribution in [0.5, 0.6) is 5.75 Å².